The van der Waals surface area contributed by atoms with Gasteiger partial charge < -0.3 is 5.32 Å². The topological polar surface area (TPSA) is 29.1 Å². The number of aryl methyl sites for hydroxylation is 1. The Morgan fingerprint density at radius 1 is 1.00 bits per heavy atom. The highest BCUT2D eigenvalue weighted by atomic mass is 16.1. The molecule has 0 fully saturated rings. The van der Waals surface area contributed by atoms with Crippen molar-refractivity contribution in [1.82, 2.24) is 0 Å². The van der Waals surface area contributed by atoms with Gasteiger partial charge in [-0.25, -0.2) is 0 Å². The van der Waals surface area contributed by atoms with Crippen LogP contribution in [-0.2, 0) is 4.79 Å². The fourth-order valence-corrected chi connectivity index (χ4v) is 1.78. The van der Waals surface area contributed by atoms with E-state index in [1.54, 1.807) is 0 Å². The summed E-state index contributed by atoms with van der Waals surface area (Å²) in [5.74, 6) is -0.127. The molecule has 0 saturated heterocycles. The minimum absolute atomic E-state index is 0.0186. The molecule has 1 unspecified atom stereocenters. The monoisotopic (exact) mass is 239 g/mol. The van der Waals surface area contributed by atoms with Crippen LogP contribution in [0.5, 0.6) is 0 Å². The SMILES string of the molecule is Cc1ccc(NC(=O)C(C)c2ccccc2)cc1. The lowest BCUT2D eigenvalue weighted by Crippen LogP contribution is -2.18. The highest BCUT2D eigenvalue weighted by Gasteiger charge is 2.14. The second kappa shape index (κ2) is 5.50. The third-order valence-electron chi connectivity index (χ3n) is 3.01. The molecule has 2 rings (SSSR count). The van der Waals surface area contributed by atoms with Crippen LogP contribution in [0.4, 0.5) is 5.69 Å². The van der Waals surface area contributed by atoms with Crippen LogP contribution in [0.25, 0.3) is 0 Å². The molecule has 0 aliphatic rings. The summed E-state index contributed by atoms with van der Waals surface area (Å²) in [5.41, 5.74) is 3.06. The normalized spacial score (nSPS) is 11.9. The average Bonchev–Trinajstić information content (AvgIpc) is 2.41. The molecule has 2 nitrogen and oxygen atoms in total. The highest BCUT2D eigenvalue weighted by molar-refractivity contribution is 5.95. The number of hydrogen-bond donors (Lipinski definition) is 1. The van der Waals surface area contributed by atoms with E-state index in [-0.39, 0.29) is 11.8 Å². The van der Waals surface area contributed by atoms with Gasteiger partial charge in [0.25, 0.3) is 0 Å². The van der Waals surface area contributed by atoms with Crippen LogP contribution < -0.4 is 5.32 Å². The highest BCUT2D eigenvalue weighted by Crippen LogP contribution is 2.17. The summed E-state index contributed by atoms with van der Waals surface area (Å²) < 4.78 is 0. The summed E-state index contributed by atoms with van der Waals surface area (Å²) in [6.07, 6.45) is 0. The Bertz CT molecular complexity index is 517. The second-order valence-corrected chi connectivity index (χ2v) is 4.49. The Morgan fingerprint density at radius 2 is 1.61 bits per heavy atom. The van der Waals surface area contributed by atoms with Gasteiger partial charge in [0, 0.05) is 5.69 Å². The van der Waals surface area contributed by atoms with Crippen LogP contribution in [0.15, 0.2) is 54.6 Å². The molecule has 1 N–H and O–H groups in total. The smallest absolute Gasteiger partial charge is 0.231 e. The molecule has 0 saturated carbocycles. The first-order valence-corrected chi connectivity index (χ1v) is 6.09. The van der Waals surface area contributed by atoms with Crippen LogP contribution in [0, 0.1) is 6.92 Å². The van der Waals surface area contributed by atoms with Gasteiger partial charge >= 0.3 is 0 Å². The van der Waals surface area contributed by atoms with E-state index in [1.165, 1.54) is 5.56 Å². The van der Waals surface area contributed by atoms with E-state index < -0.39 is 0 Å². The molecule has 0 radical (unpaired) electrons. The van der Waals surface area contributed by atoms with Gasteiger partial charge in [-0.15, -0.1) is 0 Å². The van der Waals surface area contributed by atoms with Crippen LogP contribution in [0.2, 0.25) is 0 Å². The summed E-state index contributed by atoms with van der Waals surface area (Å²) in [5, 5.41) is 2.93. The summed E-state index contributed by atoms with van der Waals surface area (Å²) in [6, 6.07) is 17.6. The number of amides is 1. The zero-order chi connectivity index (χ0) is 13.0. The van der Waals surface area contributed by atoms with Gasteiger partial charge in [0.2, 0.25) is 5.91 Å². The van der Waals surface area contributed by atoms with E-state index in [9.17, 15) is 4.79 Å². The first-order valence-electron chi connectivity index (χ1n) is 6.09. The summed E-state index contributed by atoms with van der Waals surface area (Å²) in [4.78, 5) is 12.1. The molecule has 1 amide bonds. The molecule has 2 heteroatoms. The van der Waals surface area contributed by atoms with Crippen molar-refractivity contribution in [3.05, 3.63) is 65.7 Å². The van der Waals surface area contributed by atoms with Crippen molar-refractivity contribution >= 4 is 11.6 Å². The Morgan fingerprint density at radius 3 is 2.22 bits per heavy atom. The summed E-state index contributed by atoms with van der Waals surface area (Å²) in [7, 11) is 0. The predicted octanol–water partition coefficient (Wildman–Crippen LogP) is 3.74. The summed E-state index contributed by atoms with van der Waals surface area (Å²) >= 11 is 0. The van der Waals surface area contributed by atoms with Gasteiger partial charge in [0.05, 0.1) is 5.92 Å². The van der Waals surface area contributed by atoms with Crippen molar-refractivity contribution in [3.63, 3.8) is 0 Å². The van der Waals surface area contributed by atoms with E-state index in [2.05, 4.69) is 5.32 Å². The van der Waals surface area contributed by atoms with E-state index >= 15 is 0 Å². The molecular formula is C16H17NO. The number of anilines is 1. The maximum Gasteiger partial charge on any atom is 0.231 e. The first-order chi connectivity index (χ1) is 8.66. The molecule has 92 valence electrons. The molecule has 1 atom stereocenters. The van der Waals surface area contributed by atoms with Gasteiger partial charge in [-0.2, -0.15) is 0 Å². The molecule has 0 spiro atoms. The predicted molar refractivity (Wildman–Crippen MR) is 74.7 cm³/mol. The van der Waals surface area contributed by atoms with E-state index in [4.69, 9.17) is 0 Å². The summed E-state index contributed by atoms with van der Waals surface area (Å²) in [6.45, 7) is 3.94. The van der Waals surface area contributed by atoms with Crippen molar-refractivity contribution < 1.29 is 4.79 Å². The van der Waals surface area contributed by atoms with Crippen LogP contribution in [-0.4, -0.2) is 5.91 Å². The number of benzene rings is 2. The molecule has 0 aliphatic heterocycles. The van der Waals surface area contributed by atoms with Gasteiger partial charge in [-0.3, -0.25) is 4.79 Å². The van der Waals surface area contributed by atoms with Crippen LogP contribution in [0.3, 0.4) is 0 Å². The van der Waals surface area contributed by atoms with Crippen LogP contribution >= 0.6 is 0 Å². The van der Waals surface area contributed by atoms with Crippen molar-refractivity contribution in [2.24, 2.45) is 0 Å². The minimum atomic E-state index is -0.146. The molecule has 0 aromatic heterocycles. The Hall–Kier alpha value is -2.09. The number of carbonyl (C=O) groups excluding carboxylic acids is 1. The van der Waals surface area contributed by atoms with Gasteiger partial charge in [0.1, 0.15) is 0 Å². The first kappa shape index (κ1) is 12.4. The maximum atomic E-state index is 12.1. The van der Waals surface area contributed by atoms with Gasteiger partial charge in [0.15, 0.2) is 0 Å². The van der Waals surface area contributed by atoms with E-state index in [1.807, 2.05) is 68.4 Å². The molecule has 0 heterocycles. The molecule has 0 aliphatic carbocycles. The van der Waals surface area contributed by atoms with E-state index in [0.717, 1.165) is 11.3 Å². The van der Waals surface area contributed by atoms with Crippen molar-refractivity contribution in [2.75, 3.05) is 5.32 Å². The lowest BCUT2D eigenvalue weighted by molar-refractivity contribution is -0.117. The Balaban J connectivity index is 2.06. The zero-order valence-electron chi connectivity index (χ0n) is 10.7. The largest absolute Gasteiger partial charge is 0.326 e. The maximum absolute atomic E-state index is 12.1. The fourth-order valence-electron chi connectivity index (χ4n) is 1.78. The molecule has 2 aromatic rings. The lowest BCUT2D eigenvalue weighted by Gasteiger charge is -2.12. The van der Waals surface area contributed by atoms with Crippen LogP contribution in [0.1, 0.15) is 24.0 Å². The van der Waals surface area contributed by atoms with Gasteiger partial charge in [-0.1, -0.05) is 48.0 Å². The van der Waals surface area contributed by atoms with E-state index in [0.29, 0.717) is 0 Å². The van der Waals surface area contributed by atoms with Gasteiger partial charge in [-0.05, 0) is 31.5 Å². The Labute approximate surface area is 108 Å². The van der Waals surface area contributed by atoms with Crippen molar-refractivity contribution in [2.45, 2.75) is 19.8 Å². The molecular weight excluding hydrogens is 222 g/mol. The quantitative estimate of drug-likeness (QED) is 0.868. The van der Waals surface area contributed by atoms with Crippen molar-refractivity contribution in [3.8, 4) is 0 Å². The minimum Gasteiger partial charge on any atom is -0.326 e. The fraction of sp³-hybridized carbons (Fsp3) is 0.188. The third kappa shape index (κ3) is 2.98. The number of hydrogen-bond acceptors (Lipinski definition) is 1. The molecule has 2 aromatic carbocycles. The Kier molecular flexibility index (Phi) is 3.78. The molecule has 18 heavy (non-hydrogen) atoms. The average molecular weight is 239 g/mol. The zero-order valence-corrected chi connectivity index (χ0v) is 10.7. The molecule has 0 bridgehead atoms. The lowest BCUT2D eigenvalue weighted by atomic mass is 10.0. The van der Waals surface area contributed by atoms with Crippen molar-refractivity contribution in [1.29, 1.82) is 0 Å². The number of carbonyl (C=O) groups is 1. The second-order valence-electron chi connectivity index (χ2n) is 4.49. The third-order valence-corrected chi connectivity index (χ3v) is 3.01. The standard InChI is InChI=1S/C16H17NO/c1-12-8-10-15(11-9-12)17-16(18)13(2)14-6-4-3-5-7-14/h3-11,13H,1-2H3,(H,17,18). The number of nitrogens with one attached hydrogen (secondary N) is 1. The number of rotatable bonds is 3.